The summed E-state index contributed by atoms with van der Waals surface area (Å²) in [5, 5.41) is 0. The quantitative estimate of drug-likeness (QED) is 0.529. The molecule has 4 fully saturated rings. The third-order valence-corrected chi connectivity index (χ3v) is 6.59. The van der Waals surface area contributed by atoms with Crippen LogP contribution in [0.5, 0.6) is 0 Å². The average Bonchev–Trinajstić information content (AvgIpc) is 2.99. The second-order valence-electron chi connectivity index (χ2n) is 7.33. The molecule has 2 saturated heterocycles. The van der Waals surface area contributed by atoms with Crippen LogP contribution < -0.4 is 0 Å². The predicted molar refractivity (Wildman–Crippen MR) is 65.8 cm³/mol. The largest absolute Gasteiger partial charge is 0.465 e. The summed E-state index contributed by atoms with van der Waals surface area (Å²) < 4.78 is 11.4. The normalized spacial score (nSPS) is 57.0. The number of carbonyl (C=O) groups excluding carboxylic acids is 1. The molecule has 3 heteroatoms. The van der Waals surface area contributed by atoms with Gasteiger partial charge in [0.15, 0.2) is 0 Å². The van der Waals surface area contributed by atoms with Gasteiger partial charge in [-0.3, -0.25) is 4.79 Å². The topological polar surface area (TPSA) is 38.8 Å². The van der Waals surface area contributed by atoms with Gasteiger partial charge < -0.3 is 9.47 Å². The Hall–Kier alpha value is -0.570. The van der Waals surface area contributed by atoms with Gasteiger partial charge in [-0.25, -0.2) is 0 Å². The van der Waals surface area contributed by atoms with Crippen LogP contribution in [0.2, 0.25) is 0 Å². The summed E-state index contributed by atoms with van der Waals surface area (Å²) in [5.41, 5.74) is 0.203. The molecular weight excluding hydrogens is 228 g/mol. The molecule has 4 aliphatic rings. The van der Waals surface area contributed by atoms with E-state index in [0.29, 0.717) is 30.3 Å². The Morgan fingerprint density at radius 2 is 2.11 bits per heavy atom. The van der Waals surface area contributed by atoms with Crippen molar-refractivity contribution >= 4 is 5.97 Å². The van der Waals surface area contributed by atoms with Crippen molar-refractivity contribution in [3.05, 3.63) is 0 Å². The number of ether oxygens (including phenoxy) is 2. The highest BCUT2D eigenvalue weighted by Gasteiger charge is 2.79. The van der Waals surface area contributed by atoms with Crippen molar-refractivity contribution in [1.82, 2.24) is 0 Å². The molecule has 0 aromatic carbocycles. The Morgan fingerprint density at radius 3 is 2.72 bits per heavy atom. The summed E-state index contributed by atoms with van der Waals surface area (Å²) in [6, 6.07) is 0. The van der Waals surface area contributed by atoms with E-state index < -0.39 is 0 Å². The van der Waals surface area contributed by atoms with Gasteiger partial charge in [0.25, 0.3) is 0 Å². The molecule has 0 amide bonds. The lowest BCUT2D eigenvalue weighted by molar-refractivity contribution is -0.145. The second kappa shape index (κ2) is 3.12. The van der Waals surface area contributed by atoms with E-state index in [1.165, 1.54) is 12.8 Å². The lowest BCUT2D eigenvalue weighted by atomic mass is 9.60. The van der Waals surface area contributed by atoms with Gasteiger partial charge in [-0.05, 0) is 24.7 Å². The fraction of sp³-hybridized carbons (Fsp3) is 0.933. The smallest absolute Gasteiger partial charge is 0.309 e. The van der Waals surface area contributed by atoms with Crippen molar-refractivity contribution in [3.8, 4) is 0 Å². The lowest BCUT2D eigenvalue weighted by Gasteiger charge is -2.44. The summed E-state index contributed by atoms with van der Waals surface area (Å²) in [6.45, 7) is 8.42. The molecule has 100 valence electrons. The molecule has 0 aromatic heterocycles. The first-order chi connectivity index (χ1) is 8.51. The number of rotatable bonds is 1. The minimum absolute atomic E-state index is 0.0228. The van der Waals surface area contributed by atoms with E-state index in [1.54, 1.807) is 0 Å². The third-order valence-electron chi connectivity index (χ3n) is 6.59. The van der Waals surface area contributed by atoms with Gasteiger partial charge in [0.2, 0.25) is 0 Å². The van der Waals surface area contributed by atoms with Crippen molar-refractivity contribution in [3.63, 3.8) is 0 Å². The first-order valence-corrected chi connectivity index (χ1v) is 7.32. The molecule has 18 heavy (non-hydrogen) atoms. The minimum Gasteiger partial charge on any atom is -0.465 e. The summed E-state index contributed by atoms with van der Waals surface area (Å²) in [7, 11) is 0. The molecule has 6 unspecified atom stereocenters. The highest BCUT2D eigenvalue weighted by molar-refractivity contribution is 5.77. The molecule has 2 saturated carbocycles. The van der Waals surface area contributed by atoms with Crippen molar-refractivity contribution in [2.45, 2.75) is 39.2 Å². The standard InChI is InChI=1S/C15H22O3/c1-8(2)9-4-5-14(3)10-6-17-13(16)11(10)12(9)15(14)7-18-15/h8-12H,4-7H2,1-3H3. The average molecular weight is 250 g/mol. The molecule has 4 rings (SSSR count). The Bertz CT molecular complexity index is 412. The summed E-state index contributed by atoms with van der Waals surface area (Å²) in [4.78, 5) is 12.1. The van der Waals surface area contributed by atoms with Crippen LogP contribution in [0.25, 0.3) is 0 Å². The van der Waals surface area contributed by atoms with Gasteiger partial charge in [-0.15, -0.1) is 0 Å². The second-order valence-corrected chi connectivity index (χ2v) is 7.33. The Kier molecular flexibility index (Phi) is 1.95. The van der Waals surface area contributed by atoms with Crippen LogP contribution in [0, 0.1) is 35.0 Å². The Balaban J connectivity index is 1.83. The van der Waals surface area contributed by atoms with E-state index in [-0.39, 0.29) is 22.9 Å². The SMILES string of the molecule is CC(C)C1CCC2(C)C3COC(=O)C3C1C21CO1. The summed E-state index contributed by atoms with van der Waals surface area (Å²) in [5.74, 6) is 2.25. The molecule has 0 radical (unpaired) electrons. The van der Waals surface area contributed by atoms with E-state index in [9.17, 15) is 4.79 Å². The molecule has 3 nitrogen and oxygen atoms in total. The zero-order chi connectivity index (χ0) is 12.7. The minimum atomic E-state index is 0.0228. The molecule has 2 heterocycles. The third kappa shape index (κ3) is 1.01. The zero-order valence-electron chi connectivity index (χ0n) is 11.4. The van der Waals surface area contributed by atoms with Crippen molar-refractivity contribution < 1.29 is 14.3 Å². The van der Waals surface area contributed by atoms with Crippen molar-refractivity contribution in [2.24, 2.45) is 35.0 Å². The maximum absolute atomic E-state index is 12.1. The van der Waals surface area contributed by atoms with Crippen LogP contribution >= 0.6 is 0 Å². The number of cyclic esters (lactones) is 1. The monoisotopic (exact) mass is 250 g/mol. The number of hydrogen-bond donors (Lipinski definition) is 0. The number of esters is 1. The molecule has 0 aromatic rings. The van der Waals surface area contributed by atoms with E-state index in [2.05, 4.69) is 20.8 Å². The number of fused-ring (bicyclic) bond motifs is 3. The molecule has 1 spiro atoms. The molecule has 2 aliphatic carbocycles. The maximum atomic E-state index is 12.1. The fourth-order valence-electron chi connectivity index (χ4n) is 5.50. The van der Waals surface area contributed by atoms with Crippen LogP contribution in [0.15, 0.2) is 0 Å². The highest BCUT2D eigenvalue weighted by Crippen LogP contribution is 2.73. The zero-order valence-corrected chi connectivity index (χ0v) is 11.4. The van der Waals surface area contributed by atoms with Gasteiger partial charge >= 0.3 is 5.97 Å². The van der Waals surface area contributed by atoms with Gasteiger partial charge in [-0.1, -0.05) is 20.8 Å². The lowest BCUT2D eigenvalue weighted by Crippen LogP contribution is -2.47. The Labute approximate surface area is 108 Å². The van der Waals surface area contributed by atoms with Crippen LogP contribution in [0.1, 0.15) is 33.6 Å². The predicted octanol–water partition coefficient (Wildman–Crippen LogP) is 2.25. The molecule has 6 atom stereocenters. The fourth-order valence-corrected chi connectivity index (χ4v) is 5.50. The van der Waals surface area contributed by atoms with Crippen molar-refractivity contribution in [1.29, 1.82) is 0 Å². The first-order valence-electron chi connectivity index (χ1n) is 7.32. The van der Waals surface area contributed by atoms with Gasteiger partial charge in [0, 0.05) is 17.3 Å². The maximum Gasteiger partial charge on any atom is 0.309 e. The Morgan fingerprint density at radius 1 is 1.39 bits per heavy atom. The van der Waals surface area contributed by atoms with Crippen molar-refractivity contribution in [2.75, 3.05) is 13.2 Å². The molecular formula is C15H22O3. The highest BCUT2D eigenvalue weighted by atomic mass is 16.6. The van der Waals surface area contributed by atoms with E-state index in [0.717, 1.165) is 6.61 Å². The van der Waals surface area contributed by atoms with Gasteiger partial charge in [0.1, 0.15) is 5.60 Å². The van der Waals surface area contributed by atoms with Crippen LogP contribution in [0.3, 0.4) is 0 Å². The molecule has 2 aliphatic heterocycles. The van der Waals surface area contributed by atoms with Crippen LogP contribution in [-0.4, -0.2) is 24.8 Å². The summed E-state index contributed by atoms with van der Waals surface area (Å²) in [6.07, 6.45) is 2.45. The number of hydrogen-bond acceptors (Lipinski definition) is 3. The van der Waals surface area contributed by atoms with E-state index in [4.69, 9.17) is 9.47 Å². The first kappa shape index (κ1) is 11.3. The van der Waals surface area contributed by atoms with E-state index >= 15 is 0 Å². The van der Waals surface area contributed by atoms with Gasteiger partial charge in [0.05, 0.1) is 19.1 Å². The van der Waals surface area contributed by atoms with Crippen LogP contribution in [-0.2, 0) is 14.3 Å². The molecule has 2 bridgehead atoms. The van der Waals surface area contributed by atoms with Crippen LogP contribution in [0.4, 0.5) is 0 Å². The number of epoxide rings is 1. The molecule has 0 N–H and O–H groups in total. The van der Waals surface area contributed by atoms with E-state index in [1.807, 2.05) is 0 Å². The number of carbonyl (C=O) groups is 1. The van der Waals surface area contributed by atoms with Gasteiger partial charge in [-0.2, -0.15) is 0 Å². The summed E-state index contributed by atoms with van der Waals surface area (Å²) >= 11 is 0.